The van der Waals surface area contributed by atoms with Gasteiger partial charge in [-0.25, -0.2) is 15.0 Å². The molecule has 0 aliphatic carbocycles. The zero-order valence-corrected chi connectivity index (χ0v) is 18.3. The highest BCUT2D eigenvalue weighted by Gasteiger charge is 2.21. The van der Waals surface area contributed by atoms with Gasteiger partial charge < -0.3 is 15.4 Å². The van der Waals surface area contributed by atoms with Gasteiger partial charge in [-0.2, -0.15) is 5.10 Å². The molecule has 0 saturated carbocycles. The van der Waals surface area contributed by atoms with E-state index in [2.05, 4.69) is 26.2 Å². The fourth-order valence-electron chi connectivity index (χ4n) is 3.77. The highest BCUT2D eigenvalue weighted by Crippen LogP contribution is 2.27. The van der Waals surface area contributed by atoms with Crippen molar-refractivity contribution in [1.29, 1.82) is 0 Å². The van der Waals surface area contributed by atoms with Crippen LogP contribution in [0.5, 0.6) is 0 Å². The molecule has 0 radical (unpaired) electrons. The van der Waals surface area contributed by atoms with Crippen LogP contribution in [0.2, 0.25) is 0 Å². The van der Waals surface area contributed by atoms with Gasteiger partial charge in [0.05, 0.1) is 18.8 Å². The summed E-state index contributed by atoms with van der Waals surface area (Å²) in [4.78, 5) is 34.0. The summed E-state index contributed by atoms with van der Waals surface area (Å²) in [5.74, 6) is -0.000564. The lowest BCUT2D eigenvalue weighted by molar-refractivity contribution is 0.0537. The first-order valence-electron chi connectivity index (χ1n) is 10.4. The molecule has 4 rings (SSSR count). The number of nitrogens with one attached hydrogen (secondary N) is 3. The smallest absolute Gasteiger partial charge is 0.274 e. The van der Waals surface area contributed by atoms with Crippen LogP contribution in [0.4, 0.5) is 11.5 Å². The summed E-state index contributed by atoms with van der Waals surface area (Å²) >= 11 is 0. The van der Waals surface area contributed by atoms with Crippen LogP contribution in [0.15, 0.2) is 30.7 Å². The van der Waals surface area contributed by atoms with Gasteiger partial charge in [0.2, 0.25) is 0 Å². The van der Waals surface area contributed by atoms with Crippen molar-refractivity contribution in [2.75, 3.05) is 25.6 Å². The van der Waals surface area contributed by atoms with Crippen LogP contribution in [0.25, 0.3) is 5.52 Å². The van der Waals surface area contributed by atoms with E-state index in [1.165, 1.54) is 13.4 Å². The number of benzene rings is 1. The summed E-state index contributed by atoms with van der Waals surface area (Å²) in [5, 5.41) is 10.5. The molecule has 1 saturated heterocycles. The lowest BCUT2D eigenvalue weighted by atomic mass is 10.1. The molecule has 1 fully saturated rings. The van der Waals surface area contributed by atoms with Gasteiger partial charge in [0.15, 0.2) is 5.82 Å². The molecule has 2 aromatic heterocycles. The summed E-state index contributed by atoms with van der Waals surface area (Å²) in [7, 11) is 1.38. The molecular weight excluding hydrogens is 412 g/mol. The van der Waals surface area contributed by atoms with Crippen molar-refractivity contribution < 1.29 is 19.2 Å². The van der Waals surface area contributed by atoms with Crippen molar-refractivity contribution in [1.82, 2.24) is 25.4 Å². The van der Waals surface area contributed by atoms with Gasteiger partial charge >= 0.3 is 0 Å². The number of aromatic nitrogens is 3. The zero-order chi connectivity index (χ0) is 22.7. The lowest BCUT2D eigenvalue weighted by Gasteiger charge is -2.12. The minimum Gasteiger partial charge on any atom is -0.376 e. The number of hydrogen-bond acceptors (Lipinski definition) is 7. The molecule has 10 nitrogen and oxygen atoms in total. The number of ether oxygens (including phenoxy) is 1. The number of carbonyl (C=O) groups excluding carboxylic acids is 2. The van der Waals surface area contributed by atoms with Crippen molar-refractivity contribution in [2.45, 2.75) is 32.8 Å². The predicted octanol–water partition coefficient (Wildman–Crippen LogP) is 2.29. The van der Waals surface area contributed by atoms with Gasteiger partial charge in [0, 0.05) is 30.6 Å². The van der Waals surface area contributed by atoms with Gasteiger partial charge in [0.25, 0.3) is 11.8 Å². The zero-order valence-electron chi connectivity index (χ0n) is 18.3. The van der Waals surface area contributed by atoms with E-state index in [-0.39, 0.29) is 17.9 Å². The van der Waals surface area contributed by atoms with Crippen LogP contribution in [0, 0.1) is 13.8 Å². The highest BCUT2D eigenvalue weighted by molar-refractivity contribution is 5.99. The summed E-state index contributed by atoms with van der Waals surface area (Å²) in [6, 6.07) is 5.26. The molecule has 1 aliphatic heterocycles. The second-order valence-corrected chi connectivity index (χ2v) is 7.70. The van der Waals surface area contributed by atoms with E-state index in [1.807, 2.05) is 19.9 Å². The fourth-order valence-corrected chi connectivity index (χ4v) is 3.77. The molecular formula is C22H26N6O4. The molecule has 10 heteroatoms. The number of nitrogens with zero attached hydrogens (tertiary/aromatic N) is 3. The highest BCUT2D eigenvalue weighted by atomic mass is 16.6. The fraction of sp³-hybridized carbons (Fsp3) is 0.364. The van der Waals surface area contributed by atoms with Crippen molar-refractivity contribution in [3.05, 3.63) is 53.0 Å². The number of hydrogen-bond donors (Lipinski definition) is 3. The van der Waals surface area contributed by atoms with E-state index in [1.54, 1.807) is 22.8 Å². The van der Waals surface area contributed by atoms with Gasteiger partial charge in [-0.05, 0) is 49.9 Å². The Morgan fingerprint density at radius 1 is 1.28 bits per heavy atom. The molecule has 0 spiro atoms. The van der Waals surface area contributed by atoms with E-state index in [0.29, 0.717) is 34.7 Å². The maximum absolute atomic E-state index is 12.8. The van der Waals surface area contributed by atoms with E-state index in [4.69, 9.17) is 9.57 Å². The Bertz CT molecular complexity index is 1150. The summed E-state index contributed by atoms with van der Waals surface area (Å²) in [6.07, 6.45) is 5.15. The van der Waals surface area contributed by atoms with Crippen molar-refractivity contribution in [2.24, 2.45) is 0 Å². The van der Waals surface area contributed by atoms with E-state index in [9.17, 15) is 9.59 Å². The maximum Gasteiger partial charge on any atom is 0.274 e. The summed E-state index contributed by atoms with van der Waals surface area (Å²) in [5.41, 5.74) is 6.34. The van der Waals surface area contributed by atoms with Crippen LogP contribution in [-0.4, -0.2) is 52.8 Å². The number of amides is 2. The standard InChI is InChI=1S/C22H26N6O4/c1-13-6-7-15(21(29)27-31-3)9-18(13)26-20-19-14(2)17(11-28(19)25-12-24-20)22(30)23-10-16-5-4-8-32-16/h6-7,9,11-12,16H,4-5,8,10H2,1-3H3,(H,23,30)(H,27,29)(H,24,25,26). The first kappa shape index (κ1) is 21.7. The molecule has 1 aliphatic rings. The summed E-state index contributed by atoms with van der Waals surface area (Å²) < 4.78 is 7.21. The first-order valence-corrected chi connectivity index (χ1v) is 10.4. The Morgan fingerprint density at radius 3 is 2.88 bits per heavy atom. The minimum absolute atomic E-state index is 0.0684. The molecule has 1 unspecified atom stereocenters. The number of aryl methyl sites for hydroxylation is 2. The number of carbonyl (C=O) groups is 2. The largest absolute Gasteiger partial charge is 0.376 e. The van der Waals surface area contributed by atoms with Crippen LogP contribution in [0.1, 0.15) is 44.7 Å². The minimum atomic E-state index is -0.354. The van der Waals surface area contributed by atoms with Gasteiger partial charge in [0.1, 0.15) is 11.8 Å². The second-order valence-electron chi connectivity index (χ2n) is 7.70. The van der Waals surface area contributed by atoms with Crippen molar-refractivity contribution in [3.8, 4) is 0 Å². The van der Waals surface area contributed by atoms with Crippen molar-refractivity contribution >= 4 is 28.8 Å². The second kappa shape index (κ2) is 9.33. The number of anilines is 2. The Kier molecular flexibility index (Phi) is 6.33. The molecule has 3 aromatic rings. The molecule has 1 aromatic carbocycles. The third kappa shape index (κ3) is 4.41. The predicted molar refractivity (Wildman–Crippen MR) is 118 cm³/mol. The van der Waals surface area contributed by atoms with Crippen molar-refractivity contribution in [3.63, 3.8) is 0 Å². The van der Waals surface area contributed by atoms with Crippen LogP contribution in [0.3, 0.4) is 0 Å². The quantitative estimate of drug-likeness (QED) is 0.484. The third-order valence-corrected chi connectivity index (χ3v) is 5.53. The SMILES string of the molecule is CONC(=O)c1ccc(C)c(Nc2ncnn3cc(C(=O)NCC4CCCO4)c(C)c23)c1. The molecule has 2 amide bonds. The lowest BCUT2D eigenvalue weighted by Crippen LogP contribution is -2.31. The normalized spacial score (nSPS) is 15.7. The molecule has 32 heavy (non-hydrogen) atoms. The average Bonchev–Trinajstić information content (AvgIpc) is 3.42. The molecule has 0 bridgehead atoms. The molecule has 1 atom stereocenters. The Morgan fingerprint density at radius 2 is 2.12 bits per heavy atom. The van der Waals surface area contributed by atoms with E-state index in [0.717, 1.165) is 30.6 Å². The number of fused-ring (bicyclic) bond motifs is 1. The number of hydroxylamine groups is 1. The van der Waals surface area contributed by atoms with Crippen LogP contribution in [-0.2, 0) is 9.57 Å². The van der Waals surface area contributed by atoms with Gasteiger partial charge in [-0.3, -0.25) is 14.4 Å². The van der Waals surface area contributed by atoms with E-state index < -0.39 is 0 Å². The summed E-state index contributed by atoms with van der Waals surface area (Å²) in [6.45, 7) is 5.01. The number of rotatable bonds is 7. The van der Waals surface area contributed by atoms with Crippen LogP contribution < -0.4 is 16.1 Å². The molecule has 3 heterocycles. The monoisotopic (exact) mass is 438 g/mol. The van der Waals surface area contributed by atoms with Gasteiger partial charge in [-0.15, -0.1) is 0 Å². The Labute approximate surface area is 185 Å². The molecule has 3 N–H and O–H groups in total. The maximum atomic E-state index is 12.8. The molecule has 168 valence electrons. The van der Waals surface area contributed by atoms with Crippen LogP contribution >= 0.6 is 0 Å². The Balaban J connectivity index is 1.61. The third-order valence-electron chi connectivity index (χ3n) is 5.53. The topological polar surface area (TPSA) is 119 Å². The Hall–Kier alpha value is -3.50. The average molecular weight is 438 g/mol. The first-order chi connectivity index (χ1) is 15.5. The van der Waals surface area contributed by atoms with Gasteiger partial charge in [-0.1, -0.05) is 6.07 Å². The van der Waals surface area contributed by atoms with E-state index >= 15 is 0 Å².